The molecule has 0 heterocycles. The average Bonchev–Trinajstić information content (AvgIpc) is 2.63. The fourth-order valence-electron chi connectivity index (χ4n) is 1.67. The predicted molar refractivity (Wildman–Crippen MR) is 41.3 cm³/mol. The van der Waals surface area contributed by atoms with Gasteiger partial charge in [-0.05, 0) is 24.0 Å². The van der Waals surface area contributed by atoms with Crippen molar-refractivity contribution in [3.63, 3.8) is 0 Å². The summed E-state index contributed by atoms with van der Waals surface area (Å²) in [6, 6.07) is 0. The molecule has 0 atom stereocenters. The van der Waals surface area contributed by atoms with Crippen LogP contribution in [-0.2, 0) is 9.53 Å². The topological polar surface area (TPSA) is 26.3 Å². The first-order valence-electron chi connectivity index (χ1n) is 4.16. The molecule has 0 aromatic heterocycles. The van der Waals surface area contributed by atoms with Crippen molar-refractivity contribution in [2.75, 3.05) is 0 Å². The lowest BCUT2D eigenvalue weighted by molar-refractivity contribution is -0.201. The molecule has 2 aliphatic carbocycles. The van der Waals surface area contributed by atoms with E-state index in [9.17, 15) is 18.0 Å². The molecule has 14 heavy (non-hydrogen) atoms. The maximum absolute atomic E-state index is 11.9. The Bertz CT molecular complexity index is 318. The molecule has 5 heteroatoms. The number of carbonyl (C=O) groups excluding carboxylic acids is 1. The standard InChI is InChI=1S/C9H7F3O2/c10-9(11,12)8(13)14-7-5-1-2-6(7)4-3-5/h1-2,7H,3-4H2. The number of ether oxygens (including phenoxy) is 1. The Morgan fingerprint density at radius 1 is 1.29 bits per heavy atom. The van der Waals surface area contributed by atoms with Crippen LogP contribution < -0.4 is 0 Å². The molecule has 1 saturated carbocycles. The van der Waals surface area contributed by atoms with E-state index in [1.165, 1.54) is 0 Å². The highest BCUT2D eigenvalue weighted by atomic mass is 19.4. The summed E-state index contributed by atoms with van der Waals surface area (Å²) in [7, 11) is 0. The zero-order valence-corrected chi connectivity index (χ0v) is 7.10. The summed E-state index contributed by atoms with van der Waals surface area (Å²) in [6.07, 6.45) is -0.823. The molecular weight excluding hydrogens is 197 g/mol. The highest BCUT2D eigenvalue weighted by Crippen LogP contribution is 2.38. The van der Waals surface area contributed by atoms with E-state index in [0.29, 0.717) is 12.8 Å². The van der Waals surface area contributed by atoms with Crippen LogP contribution in [0.15, 0.2) is 23.3 Å². The molecule has 0 spiro atoms. The average molecular weight is 204 g/mol. The lowest BCUT2D eigenvalue weighted by atomic mass is 10.2. The number of hydrogen-bond donors (Lipinski definition) is 0. The van der Waals surface area contributed by atoms with Gasteiger partial charge in [0.25, 0.3) is 0 Å². The maximum atomic E-state index is 11.9. The SMILES string of the molecule is O=C(OC1C2=CC=C1CC2)C(F)(F)F. The second kappa shape index (κ2) is 2.87. The Morgan fingerprint density at radius 3 is 2.14 bits per heavy atom. The van der Waals surface area contributed by atoms with E-state index < -0.39 is 18.2 Å². The highest BCUT2D eigenvalue weighted by Gasteiger charge is 2.44. The third-order valence-electron chi connectivity index (χ3n) is 2.34. The van der Waals surface area contributed by atoms with E-state index in [0.717, 1.165) is 11.1 Å². The molecular formula is C9H7F3O2. The van der Waals surface area contributed by atoms with E-state index in [4.69, 9.17) is 0 Å². The number of hydrogen-bond acceptors (Lipinski definition) is 2. The molecule has 0 radical (unpaired) electrons. The van der Waals surface area contributed by atoms with Crippen LogP contribution in [0.2, 0.25) is 0 Å². The van der Waals surface area contributed by atoms with Gasteiger partial charge in [0, 0.05) is 0 Å². The van der Waals surface area contributed by atoms with E-state index in [1.54, 1.807) is 12.2 Å². The number of esters is 1. The predicted octanol–water partition coefficient (Wildman–Crippen LogP) is 2.12. The number of fused-ring (bicyclic) bond motifs is 2. The van der Waals surface area contributed by atoms with Gasteiger partial charge in [-0.25, -0.2) is 4.79 Å². The summed E-state index contributed by atoms with van der Waals surface area (Å²) in [6.45, 7) is 0. The normalized spacial score (nSPS) is 20.8. The van der Waals surface area contributed by atoms with Crippen LogP contribution in [0, 0.1) is 0 Å². The van der Waals surface area contributed by atoms with E-state index >= 15 is 0 Å². The summed E-state index contributed by atoms with van der Waals surface area (Å²) in [5, 5.41) is 0. The first kappa shape index (κ1) is 9.30. The fraction of sp³-hybridized carbons (Fsp3) is 0.444. The monoisotopic (exact) mass is 204 g/mol. The Hall–Kier alpha value is -1.26. The van der Waals surface area contributed by atoms with Gasteiger partial charge in [-0.15, -0.1) is 0 Å². The van der Waals surface area contributed by atoms with Crippen molar-refractivity contribution in [1.82, 2.24) is 0 Å². The van der Waals surface area contributed by atoms with Gasteiger partial charge in [-0.1, -0.05) is 12.2 Å². The van der Waals surface area contributed by atoms with Crippen molar-refractivity contribution in [3.05, 3.63) is 23.3 Å². The number of rotatable bonds is 1. The molecule has 0 amide bonds. The Morgan fingerprint density at radius 2 is 1.79 bits per heavy atom. The minimum Gasteiger partial charge on any atom is -0.447 e. The van der Waals surface area contributed by atoms with E-state index in [2.05, 4.69) is 4.74 Å². The van der Waals surface area contributed by atoms with Gasteiger partial charge in [-0.3, -0.25) is 0 Å². The van der Waals surface area contributed by atoms with Gasteiger partial charge in [-0.2, -0.15) is 13.2 Å². The second-order valence-electron chi connectivity index (χ2n) is 3.27. The molecule has 1 fully saturated rings. The van der Waals surface area contributed by atoms with Crippen LogP contribution in [-0.4, -0.2) is 18.2 Å². The van der Waals surface area contributed by atoms with Crippen LogP contribution in [0.3, 0.4) is 0 Å². The molecule has 2 aliphatic rings. The Balaban J connectivity index is 2.04. The molecule has 0 saturated heterocycles. The molecule has 76 valence electrons. The van der Waals surface area contributed by atoms with Gasteiger partial charge >= 0.3 is 12.1 Å². The number of alkyl halides is 3. The lowest BCUT2D eigenvalue weighted by Gasteiger charge is -2.13. The smallest absolute Gasteiger partial charge is 0.447 e. The highest BCUT2D eigenvalue weighted by molar-refractivity contribution is 5.76. The molecule has 2 rings (SSSR count). The summed E-state index contributed by atoms with van der Waals surface area (Å²) in [5.74, 6) is -2.11. The van der Waals surface area contributed by atoms with Crippen molar-refractivity contribution in [3.8, 4) is 0 Å². The first-order valence-corrected chi connectivity index (χ1v) is 4.16. The maximum Gasteiger partial charge on any atom is 0.490 e. The van der Waals surface area contributed by atoms with Crippen molar-refractivity contribution in [2.24, 2.45) is 0 Å². The second-order valence-corrected chi connectivity index (χ2v) is 3.27. The van der Waals surface area contributed by atoms with Crippen LogP contribution in [0.4, 0.5) is 13.2 Å². The van der Waals surface area contributed by atoms with E-state index in [1.807, 2.05) is 0 Å². The molecule has 0 aliphatic heterocycles. The van der Waals surface area contributed by atoms with Crippen molar-refractivity contribution >= 4 is 5.97 Å². The summed E-state index contributed by atoms with van der Waals surface area (Å²) in [4.78, 5) is 10.5. The number of carbonyl (C=O) groups is 1. The Labute approximate surface area is 78.0 Å². The quantitative estimate of drug-likeness (QED) is 0.611. The summed E-state index contributed by atoms with van der Waals surface area (Å²) < 4.78 is 40.0. The van der Waals surface area contributed by atoms with Crippen molar-refractivity contribution in [1.29, 1.82) is 0 Å². The molecule has 0 aromatic rings. The zero-order valence-electron chi connectivity index (χ0n) is 7.10. The molecule has 0 N–H and O–H groups in total. The van der Waals surface area contributed by atoms with Crippen molar-refractivity contribution in [2.45, 2.75) is 25.1 Å². The zero-order chi connectivity index (χ0) is 10.3. The molecule has 2 bridgehead atoms. The van der Waals surface area contributed by atoms with Crippen LogP contribution >= 0.6 is 0 Å². The van der Waals surface area contributed by atoms with Crippen molar-refractivity contribution < 1.29 is 22.7 Å². The van der Waals surface area contributed by atoms with Crippen LogP contribution in [0.1, 0.15) is 12.8 Å². The molecule has 0 aromatic carbocycles. The minimum absolute atomic E-state index is 0.696. The van der Waals surface area contributed by atoms with Gasteiger partial charge in [0.15, 0.2) is 0 Å². The number of halogens is 3. The van der Waals surface area contributed by atoms with Gasteiger partial charge < -0.3 is 4.74 Å². The summed E-state index contributed by atoms with van der Waals surface area (Å²) in [5.41, 5.74) is 1.52. The third-order valence-corrected chi connectivity index (χ3v) is 2.34. The van der Waals surface area contributed by atoms with Crippen LogP contribution in [0.25, 0.3) is 0 Å². The fourth-order valence-corrected chi connectivity index (χ4v) is 1.67. The lowest BCUT2D eigenvalue weighted by Crippen LogP contribution is -2.29. The van der Waals surface area contributed by atoms with E-state index in [-0.39, 0.29) is 0 Å². The summed E-state index contributed by atoms with van der Waals surface area (Å²) >= 11 is 0. The van der Waals surface area contributed by atoms with Crippen LogP contribution in [0.5, 0.6) is 0 Å². The first-order chi connectivity index (χ1) is 6.48. The van der Waals surface area contributed by atoms with Gasteiger partial charge in [0.2, 0.25) is 0 Å². The third kappa shape index (κ3) is 1.42. The van der Waals surface area contributed by atoms with Gasteiger partial charge in [0.1, 0.15) is 6.10 Å². The minimum atomic E-state index is -4.90. The largest absolute Gasteiger partial charge is 0.490 e. The van der Waals surface area contributed by atoms with Gasteiger partial charge in [0.05, 0.1) is 0 Å². The number of allylic oxidation sites excluding steroid dienone is 2. The Kier molecular flexibility index (Phi) is 1.90. The molecule has 0 unspecified atom stereocenters. The molecule has 2 nitrogen and oxygen atoms in total.